The monoisotopic (exact) mass is 946 g/mol. The van der Waals surface area contributed by atoms with Crippen LogP contribution in [0.15, 0.2) is 121 Å². The van der Waals surface area contributed by atoms with Crippen molar-refractivity contribution in [2.75, 3.05) is 39.3 Å². The maximum Gasteiger partial charge on any atom is 0.0739 e. The molecule has 0 amide bonds. The molecule has 0 saturated carbocycles. The van der Waals surface area contributed by atoms with E-state index in [1.807, 2.05) is 48.9 Å². The van der Waals surface area contributed by atoms with Crippen LogP contribution in [0.3, 0.4) is 0 Å². The minimum absolute atomic E-state index is 0.0187. The van der Waals surface area contributed by atoms with E-state index in [0.29, 0.717) is 5.92 Å². The second-order valence-corrected chi connectivity index (χ2v) is 20.4. The van der Waals surface area contributed by atoms with Gasteiger partial charge in [-0.25, -0.2) is 0 Å². The quantitative estimate of drug-likeness (QED) is 0.152. The van der Waals surface area contributed by atoms with Gasteiger partial charge in [0, 0.05) is 50.2 Å². The third-order valence-corrected chi connectivity index (χ3v) is 15.9. The smallest absolute Gasteiger partial charge is 0.0739 e. The zero-order chi connectivity index (χ0) is 45.7. The van der Waals surface area contributed by atoms with Crippen molar-refractivity contribution < 1.29 is 0 Å². The van der Waals surface area contributed by atoms with Crippen molar-refractivity contribution in [3.63, 3.8) is 0 Å². The average Bonchev–Trinajstić information content (AvgIpc) is 3.70. The number of hydrogen-bond acceptors (Lipinski definition) is 6. The molecule has 3 aliphatic carbocycles. The number of halogens is 3. The molecule has 6 aromatic rings. The van der Waals surface area contributed by atoms with Crippen LogP contribution in [0.2, 0.25) is 15.1 Å². The maximum absolute atomic E-state index is 6.29. The van der Waals surface area contributed by atoms with Crippen LogP contribution >= 0.6 is 34.8 Å². The molecular weight excluding hydrogens is 887 g/mol. The van der Waals surface area contributed by atoms with E-state index in [1.54, 1.807) is 0 Å². The van der Waals surface area contributed by atoms with Gasteiger partial charge in [0.2, 0.25) is 0 Å². The number of hydrogen-bond donors (Lipinski definition) is 3. The highest BCUT2D eigenvalue weighted by Crippen LogP contribution is 2.47. The van der Waals surface area contributed by atoms with Crippen LogP contribution in [0.5, 0.6) is 0 Å². The third-order valence-electron chi connectivity index (χ3n) is 15.2. The Kier molecular flexibility index (Phi) is 14.4. The van der Waals surface area contributed by atoms with Gasteiger partial charge >= 0.3 is 0 Å². The van der Waals surface area contributed by atoms with Gasteiger partial charge in [0.25, 0.3) is 0 Å². The van der Waals surface area contributed by atoms with Crippen molar-refractivity contribution in [3.05, 3.63) is 203 Å². The molecule has 344 valence electrons. The predicted molar refractivity (Wildman–Crippen MR) is 278 cm³/mol. The Labute approximate surface area is 412 Å². The Hall–Kier alpha value is -4.66. The van der Waals surface area contributed by atoms with Gasteiger partial charge in [0.15, 0.2) is 0 Å². The number of nitrogens with one attached hydrogen (secondary N) is 3. The van der Waals surface area contributed by atoms with Gasteiger partial charge in [-0.05, 0) is 234 Å². The number of nitrogens with zero attached hydrogens (tertiary/aromatic N) is 3. The first-order valence-electron chi connectivity index (χ1n) is 24.6. The molecular formula is C58H61Cl3N6. The minimum Gasteiger partial charge on any atom is -0.317 e. The van der Waals surface area contributed by atoms with Crippen molar-refractivity contribution in [2.24, 2.45) is 5.92 Å². The molecule has 1 atom stereocenters. The zero-order valence-electron chi connectivity index (χ0n) is 38.7. The fraction of sp³-hybridized carbons (Fsp3) is 0.362. The summed E-state index contributed by atoms with van der Waals surface area (Å²) in [5.74, 6) is 0.621. The topological polar surface area (TPSA) is 74.8 Å². The average molecular weight is 949 g/mol. The summed E-state index contributed by atoms with van der Waals surface area (Å²) < 4.78 is 0. The fourth-order valence-electron chi connectivity index (χ4n) is 11.8. The van der Waals surface area contributed by atoms with E-state index in [2.05, 4.69) is 83.5 Å². The first-order valence-corrected chi connectivity index (χ1v) is 25.7. The van der Waals surface area contributed by atoms with Crippen molar-refractivity contribution in [1.29, 1.82) is 0 Å². The van der Waals surface area contributed by atoms with Crippen LogP contribution in [-0.4, -0.2) is 54.2 Å². The lowest BCUT2D eigenvalue weighted by Gasteiger charge is -2.41. The molecule has 3 N–H and O–H groups in total. The van der Waals surface area contributed by atoms with Crippen LogP contribution < -0.4 is 16.0 Å². The Bertz CT molecular complexity index is 2680. The van der Waals surface area contributed by atoms with Gasteiger partial charge in [-0.2, -0.15) is 0 Å². The van der Waals surface area contributed by atoms with Crippen LogP contribution in [0.25, 0.3) is 11.1 Å². The highest BCUT2D eigenvalue weighted by molar-refractivity contribution is 6.31. The van der Waals surface area contributed by atoms with Gasteiger partial charge in [-0.15, -0.1) is 0 Å². The number of piperidine rings is 3. The van der Waals surface area contributed by atoms with E-state index in [4.69, 9.17) is 49.8 Å². The fourth-order valence-corrected chi connectivity index (χ4v) is 12.4. The van der Waals surface area contributed by atoms with E-state index in [-0.39, 0.29) is 5.41 Å². The molecule has 0 radical (unpaired) electrons. The molecule has 6 aliphatic rings. The van der Waals surface area contributed by atoms with Gasteiger partial charge in [-0.3, -0.25) is 15.0 Å². The second kappa shape index (κ2) is 20.9. The Morgan fingerprint density at radius 3 is 1.40 bits per heavy atom. The lowest BCUT2D eigenvalue weighted by atomic mass is 9.65. The van der Waals surface area contributed by atoms with Crippen molar-refractivity contribution in [2.45, 2.75) is 89.4 Å². The van der Waals surface area contributed by atoms with Gasteiger partial charge in [0.05, 0.1) is 17.1 Å². The Morgan fingerprint density at radius 1 is 0.448 bits per heavy atom. The molecule has 3 aliphatic heterocycles. The summed E-state index contributed by atoms with van der Waals surface area (Å²) in [6.07, 6.45) is 18.9. The SMILES string of the molecule is CC1(C2CCNCC2)c2ccc(Cl)cc2CCc2cccnc21.Clc1ccc2c(c1)CCc1cccnc1C2=C1CCNCC1.Clc1ccc2c(c1)CCc1cccnc1C2=C1CCNCC1. The van der Waals surface area contributed by atoms with E-state index < -0.39 is 0 Å². The summed E-state index contributed by atoms with van der Waals surface area (Å²) in [5.41, 5.74) is 21.7. The molecule has 6 heterocycles. The highest BCUT2D eigenvalue weighted by atomic mass is 35.5. The van der Waals surface area contributed by atoms with Gasteiger partial charge < -0.3 is 16.0 Å². The molecule has 0 spiro atoms. The van der Waals surface area contributed by atoms with E-state index in [0.717, 1.165) is 119 Å². The number of aryl methyl sites for hydroxylation is 6. The molecule has 3 fully saturated rings. The highest BCUT2D eigenvalue weighted by Gasteiger charge is 2.43. The summed E-state index contributed by atoms with van der Waals surface area (Å²) in [6.45, 7) is 8.85. The molecule has 1 unspecified atom stereocenters. The van der Waals surface area contributed by atoms with Crippen molar-refractivity contribution >= 4 is 45.9 Å². The molecule has 3 saturated heterocycles. The predicted octanol–water partition coefficient (Wildman–Crippen LogP) is 12.2. The molecule has 67 heavy (non-hydrogen) atoms. The van der Waals surface area contributed by atoms with E-state index >= 15 is 0 Å². The number of fused-ring (bicyclic) bond motifs is 6. The van der Waals surface area contributed by atoms with E-state index in [9.17, 15) is 0 Å². The third kappa shape index (κ3) is 9.82. The first-order chi connectivity index (χ1) is 32.8. The van der Waals surface area contributed by atoms with Crippen LogP contribution in [-0.2, 0) is 43.9 Å². The summed E-state index contributed by atoms with van der Waals surface area (Å²) >= 11 is 18.8. The Balaban J connectivity index is 0.000000118. The summed E-state index contributed by atoms with van der Waals surface area (Å²) in [7, 11) is 0. The summed E-state index contributed by atoms with van der Waals surface area (Å²) in [4.78, 5) is 14.4. The van der Waals surface area contributed by atoms with Gasteiger partial charge in [-0.1, -0.05) is 82.3 Å². The normalized spacial score (nSPS) is 20.1. The lowest BCUT2D eigenvalue weighted by molar-refractivity contribution is 0.260. The number of benzene rings is 3. The maximum atomic E-state index is 6.29. The van der Waals surface area contributed by atoms with Crippen molar-refractivity contribution in [3.8, 4) is 0 Å². The molecule has 12 rings (SSSR count). The lowest BCUT2D eigenvalue weighted by Crippen LogP contribution is -2.41. The molecule has 3 aromatic carbocycles. The first kappa shape index (κ1) is 46.1. The molecule has 3 aromatic heterocycles. The molecule has 9 heteroatoms. The standard InChI is InChI=1S/C20H23ClN2.2C19H19ClN2/c1-20(16-8-11-22-12-9-16)18-7-6-17(21)13-15(18)5-4-14-3-2-10-23-19(14)20;2*20-16-5-6-17-15(12-16)4-3-14-2-1-9-22-19(14)18(17)13-7-10-21-11-8-13/h2-3,6-7,10,13,16,22H,4-5,8-9,11-12H2,1H3;2*1-2,5-6,9,12,21H,3-4,7-8,10-11H2. The Morgan fingerprint density at radius 2 is 0.866 bits per heavy atom. The molecule has 6 nitrogen and oxygen atoms in total. The van der Waals surface area contributed by atoms with Gasteiger partial charge in [0.1, 0.15) is 0 Å². The minimum atomic E-state index is -0.0187. The summed E-state index contributed by atoms with van der Waals surface area (Å²) in [5, 5.41) is 12.9. The summed E-state index contributed by atoms with van der Waals surface area (Å²) in [6, 6.07) is 32.0. The zero-order valence-corrected chi connectivity index (χ0v) is 40.9. The van der Waals surface area contributed by atoms with Crippen LogP contribution in [0.4, 0.5) is 0 Å². The molecule has 0 bridgehead atoms. The van der Waals surface area contributed by atoms with E-state index in [1.165, 1.54) is 102 Å². The number of rotatable bonds is 1. The largest absolute Gasteiger partial charge is 0.317 e. The second-order valence-electron chi connectivity index (χ2n) is 19.1. The number of aromatic nitrogens is 3. The number of pyridine rings is 3. The van der Waals surface area contributed by atoms with Crippen LogP contribution in [0.1, 0.15) is 113 Å². The van der Waals surface area contributed by atoms with Crippen LogP contribution in [0, 0.1) is 5.92 Å². The van der Waals surface area contributed by atoms with Crippen molar-refractivity contribution in [1.82, 2.24) is 30.9 Å².